The van der Waals surface area contributed by atoms with E-state index in [1.54, 1.807) is 6.07 Å². The molecular formula is C15H19N3OS. The van der Waals surface area contributed by atoms with E-state index in [0.717, 1.165) is 13.0 Å². The Hall–Kier alpha value is -2.01. The van der Waals surface area contributed by atoms with Gasteiger partial charge in [-0.2, -0.15) is 0 Å². The quantitative estimate of drug-likeness (QED) is 0.804. The van der Waals surface area contributed by atoms with Crippen LogP contribution in [-0.4, -0.2) is 26.0 Å². The zero-order valence-corrected chi connectivity index (χ0v) is 12.3. The molecule has 0 radical (unpaired) electrons. The molecule has 106 valence electrons. The summed E-state index contributed by atoms with van der Waals surface area (Å²) in [6, 6.07) is 11.9. The van der Waals surface area contributed by atoms with Gasteiger partial charge in [0.05, 0.1) is 5.69 Å². The summed E-state index contributed by atoms with van der Waals surface area (Å²) in [4.78, 5) is 14.6. The first-order valence-corrected chi connectivity index (χ1v) is 7.44. The van der Waals surface area contributed by atoms with E-state index < -0.39 is 0 Å². The highest BCUT2D eigenvalue weighted by atomic mass is 32.1. The van der Waals surface area contributed by atoms with Gasteiger partial charge >= 0.3 is 0 Å². The number of anilines is 2. The van der Waals surface area contributed by atoms with Crippen LogP contribution in [0.2, 0.25) is 0 Å². The molecule has 1 aromatic carbocycles. The van der Waals surface area contributed by atoms with E-state index in [1.807, 2.05) is 23.6 Å². The van der Waals surface area contributed by atoms with Gasteiger partial charge in [0.15, 0.2) is 0 Å². The third-order valence-electron chi connectivity index (χ3n) is 3.05. The molecule has 2 rings (SSSR count). The highest BCUT2D eigenvalue weighted by Gasteiger charge is 2.10. The Morgan fingerprint density at radius 2 is 2.05 bits per heavy atom. The van der Waals surface area contributed by atoms with Crippen LogP contribution in [0.25, 0.3) is 0 Å². The third-order valence-corrected chi connectivity index (χ3v) is 3.98. The van der Waals surface area contributed by atoms with Gasteiger partial charge in [0.2, 0.25) is 0 Å². The molecule has 0 unspecified atom stereocenters. The SMILES string of the molecule is CN(CCCNC(=O)c1sccc1N)c1ccccc1. The molecule has 0 fully saturated rings. The zero-order valence-electron chi connectivity index (χ0n) is 11.5. The van der Waals surface area contributed by atoms with E-state index in [-0.39, 0.29) is 5.91 Å². The Morgan fingerprint density at radius 1 is 1.30 bits per heavy atom. The van der Waals surface area contributed by atoms with Gasteiger partial charge in [-0.3, -0.25) is 4.79 Å². The number of carbonyl (C=O) groups excluding carboxylic acids is 1. The molecule has 2 aromatic rings. The number of amides is 1. The fourth-order valence-electron chi connectivity index (χ4n) is 1.91. The van der Waals surface area contributed by atoms with Crippen LogP contribution < -0.4 is 16.0 Å². The predicted molar refractivity (Wildman–Crippen MR) is 85.4 cm³/mol. The van der Waals surface area contributed by atoms with Crippen molar-refractivity contribution in [1.29, 1.82) is 0 Å². The lowest BCUT2D eigenvalue weighted by atomic mass is 10.3. The van der Waals surface area contributed by atoms with Gasteiger partial charge < -0.3 is 16.0 Å². The van der Waals surface area contributed by atoms with Gasteiger partial charge in [0, 0.05) is 25.8 Å². The Morgan fingerprint density at radius 3 is 2.70 bits per heavy atom. The summed E-state index contributed by atoms with van der Waals surface area (Å²) in [6.07, 6.45) is 0.891. The van der Waals surface area contributed by atoms with Crippen molar-refractivity contribution in [1.82, 2.24) is 5.32 Å². The first kappa shape index (κ1) is 14.4. The average Bonchev–Trinajstić information content (AvgIpc) is 2.90. The van der Waals surface area contributed by atoms with Crippen molar-refractivity contribution < 1.29 is 4.79 Å². The molecule has 1 heterocycles. The lowest BCUT2D eigenvalue weighted by Crippen LogP contribution is -2.28. The number of nitrogen functional groups attached to an aromatic ring is 1. The summed E-state index contributed by atoms with van der Waals surface area (Å²) in [6.45, 7) is 1.54. The smallest absolute Gasteiger partial charge is 0.263 e. The number of hydrogen-bond donors (Lipinski definition) is 2. The molecule has 0 aliphatic rings. The third kappa shape index (κ3) is 3.74. The van der Waals surface area contributed by atoms with Crippen molar-refractivity contribution in [2.45, 2.75) is 6.42 Å². The molecule has 1 aromatic heterocycles. The minimum Gasteiger partial charge on any atom is -0.397 e. The second kappa shape index (κ2) is 6.96. The molecule has 20 heavy (non-hydrogen) atoms. The fourth-order valence-corrected chi connectivity index (χ4v) is 2.65. The number of nitrogens with one attached hydrogen (secondary N) is 1. The number of hydrogen-bond acceptors (Lipinski definition) is 4. The summed E-state index contributed by atoms with van der Waals surface area (Å²) in [5.41, 5.74) is 7.44. The normalized spacial score (nSPS) is 10.2. The lowest BCUT2D eigenvalue weighted by molar-refractivity contribution is 0.0958. The minimum atomic E-state index is -0.0835. The highest BCUT2D eigenvalue weighted by Crippen LogP contribution is 2.18. The maximum Gasteiger partial charge on any atom is 0.263 e. The summed E-state index contributed by atoms with van der Waals surface area (Å²) in [5.74, 6) is -0.0835. The number of carbonyl (C=O) groups is 1. The minimum absolute atomic E-state index is 0.0835. The standard InChI is InChI=1S/C15H19N3OS/c1-18(12-6-3-2-4-7-12)10-5-9-17-15(19)14-13(16)8-11-20-14/h2-4,6-8,11H,5,9-10,16H2,1H3,(H,17,19). The molecule has 0 aliphatic heterocycles. The van der Waals surface area contributed by atoms with Crippen molar-refractivity contribution in [2.75, 3.05) is 30.8 Å². The molecule has 0 saturated heterocycles. The van der Waals surface area contributed by atoms with Gasteiger partial charge in [-0.05, 0) is 30.0 Å². The van der Waals surface area contributed by atoms with Crippen LogP contribution in [0.4, 0.5) is 11.4 Å². The van der Waals surface area contributed by atoms with Crippen LogP contribution in [0.15, 0.2) is 41.8 Å². The van der Waals surface area contributed by atoms with Crippen LogP contribution >= 0.6 is 11.3 Å². The van der Waals surface area contributed by atoms with Crippen LogP contribution in [0.3, 0.4) is 0 Å². The Labute approximate surface area is 123 Å². The van der Waals surface area contributed by atoms with Crippen molar-refractivity contribution in [3.05, 3.63) is 46.7 Å². The number of nitrogens with two attached hydrogens (primary N) is 1. The average molecular weight is 289 g/mol. The summed E-state index contributed by atoms with van der Waals surface area (Å²) < 4.78 is 0. The molecule has 1 amide bonds. The second-order valence-corrected chi connectivity index (χ2v) is 5.49. The predicted octanol–water partition coefficient (Wildman–Crippen LogP) is 2.59. The Bertz CT molecular complexity index is 553. The second-order valence-electron chi connectivity index (χ2n) is 4.57. The maximum absolute atomic E-state index is 11.8. The Balaban J connectivity index is 1.72. The number of nitrogens with zero attached hydrogens (tertiary/aromatic N) is 1. The van der Waals surface area contributed by atoms with E-state index in [2.05, 4.69) is 29.4 Å². The van der Waals surface area contributed by atoms with Crippen LogP contribution in [0.1, 0.15) is 16.1 Å². The monoisotopic (exact) mass is 289 g/mol. The van der Waals surface area contributed by atoms with Gasteiger partial charge in [-0.15, -0.1) is 11.3 Å². The van der Waals surface area contributed by atoms with Gasteiger partial charge in [0.25, 0.3) is 5.91 Å². The van der Waals surface area contributed by atoms with E-state index >= 15 is 0 Å². The molecule has 0 atom stereocenters. The van der Waals surface area contributed by atoms with E-state index in [0.29, 0.717) is 17.1 Å². The number of benzene rings is 1. The molecule has 0 saturated carbocycles. The van der Waals surface area contributed by atoms with Crippen molar-refractivity contribution in [3.8, 4) is 0 Å². The van der Waals surface area contributed by atoms with Crippen LogP contribution in [0.5, 0.6) is 0 Å². The summed E-state index contributed by atoms with van der Waals surface area (Å²) in [7, 11) is 2.05. The van der Waals surface area contributed by atoms with Crippen molar-refractivity contribution >= 4 is 28.6 Å². The highest BCUT2D eigenvalue weighted by molar-refractivity contribution is 7.12. The van der Waals surface area contributed by atoms with Crippen molar-refractivity contribution in [3.63, 3.8) is 0 Å². The maximum atomic E-state index is 11.8. The van der Waals surface area contributed by atoms with Gasteiger partial charge in [0.1, 0.15) is 4.88 Å². The van der Waals surface area contributed by atoms with Crippen molar-refractivity contribution in [2.24, 2.45) is 0 Å². The molecule has 5 heteroatoms. The van der Waals surface area contributed by atoms with Gasteiger partial charge in [-0.25, -0.2) is 0 Å². The summed E-state index contributed by atoms with van der Waals surface area (Å²) in [5, 5.41) is 4.72. The first-order chi connectivity index (χ1) is 9.68. The molecule has 0 spiro atoms. The van der Waals surface area contributed by atoms with Gasteiger partial charge in [-0.1, -0.05) is 18.2 Å². The van der Waals surface area contributed by atoms with Crippen LogP contribution in [0, 0.1) is 0 Å². The molecule has 3 N–H and O–H groups in total. The van der Waals surface area contributed by atoms with Crippen LogP contribution in [-0.2, 0) is 0 Å². The number of thiophene rings is 1. The molecule has 0 bridgehead atoms. The summed E-state index contributed by atoms with van der Waals surface area (Å²) >= 11 is 1.37. The Kier molecular flexibility index (Phi) is 5.01. The first-order valence-electron chi connectivity index (χ1n) is 6.56. The largest absolute Gasteiger partial charge is 0.397 e. The fraction of sp³-hybridized carbons (Fsp3) is 0.267. The number of para-hydroxylation sites is 1. The molecular weight excluding hydrogens is 270 g/mol. The zero-order chi connectivity index (χ0) is 14.4. The lowest BCUT2D eigenvalue weighted by Gasteiger charge is -2.19. The molecule has 4 nitrogen and oxygen atoms in total. The topological polar surface area (TPSA) is 58.4 Å². The van der Waals surface area contributed by atoms with E-state index in [9.17, 15) is 4.79 Å². The van der Waals surface area contributed by atoms with E-state index in [4.69, 9.17) is 5.73 Å². The van der Waals surface area contributed by atoms with E-state index in [1.165, 1.54) is 17.0 Å². The molecule has 0 aliphatic carbocycles. The number of rotatable bonds is 6.